The van der Waals surface area contributed by atoms with Crippen molar-refractivity contribution in [2.24, 2.45) is 0 Å². The Balaban J connectivity index is 1.88. The van der Waals surface area contributed by atoms with Crippen molar-refractivity contribution in [3.8, 4) is 22.5 Å². The van der Waals surface area contributed by atoms with Crippen LogP contribution in [0.2, 0.25) is 0 Å². The van der Waals surface area contributed by atoms with E-state index in [0.29, 0.717) is 6.42 Å². The second-order valence-electron chi connectivity index (χ2n) is 4.65. The lowest BCUT2D eigenvalue weighted by molar-refractivity contribution is 0.626. The first-order chi connectivity index (χ1) is 9.33. The first kappa shape index (κ1) is 10.4. The largest absolute Gasteiger partial charge is 0.277 e. The Bertz CT molecular complexity index is 762. The molecule has 4 rings (SSSR count). The van der Waals surface area contributed by atoms with Crippen LogP contribution in [0.5, 0.6) is 0 Å². The molecule has 0 radical (unpaired) electrons. The zero-order valence-corrected chi connectivity index (χ0v) is 10.0. The number of hydrogen-bond acceptors (Lipinski definition) is 2. The Morgan fingerprint density at radius 1 is 1.21 bits per heavy atom. The third kappa shape index (κ3) is 1.50. The Morgan fingerprint density at radius 2 is 2.16 bits per heavy atom. The summed E-state index contributed by atoms with van der Waals surface area (Å²) in [4.78, 5) is 4.12. The van der Waals surface area contributed by atoms with Gasteiger partial charge in [0.05, 0.1) is 11.4 Å². The standard InChI is InChI=1S/C15H10FN3/c16-11-3-4-12-10(6-11)7-13-14(18-19-15(12)13)9-2-1-5-17-8-9/h1-6,8H,7H2,(H,18,19). The summed E-state index contributed by atoms with van der Waals surface area (Å²) in [6, 6.07) is 8.75. The lowest BCUT2D eigenvalue weighted by atomic mass is 10.1. The van der Waals surface area contributed by atoms with Crippen LogP contribution in [0.3, 0.4) is 0 Å². The number of benzene rings is 1. The van der Waals surface area contributed by atoms with Gasteiger partial charge in [0, 0.05) is 35.5 Å². The van der Waals surface area contributed by atoms with Crippen LogP contribution < -0.4 is 0 Å². The Hall–Kier alpha value is -2.49. The molecule has 2 aromatic heterocycles. The fraction of sp³-hybridized carbons (Fsp3) is 0.0667. The van der Waals surface area contributed by atoms with Crippen LogP contribution in [0.1, 0.15) is 11.1 Å². The van der Waals surface area contributed by atoms with E-state index in [1.54, 1.807) is 18.5 Å². The van der Waals surface area contributed by atoms with E-state index in [2.05, 4.69) is 15.2 Å². The molecule has 0 bridgehead atoms. The molecule has 2 heterocycles. The highest BCUT2D eigenvalue weighted by Gasteiger charge is 2.25. The maximum atomic E-state index is 13.3. The van der Waals surface area contributed by atoms with E-state index in [9.17, 15) is 4.39 Å². The Morgan fingerprint density at radius 3 is 3.00 bits per heavy atom. The topological polar surface area (TPSA) is 41.6 Å². The van der Waals surface area contributed by atoms with Gasteiger partial charge in [0.15, 0.2) is 0 Å². The van der Waals surface area contributed by atoms with Gasteiger partial charge in [-0.2, -0.15) is 5.10 Å². The molecule has 92 valence electrons. The number of halogens is 1. The number of rotatable bonds is 1. The van der Waals surface area contributed by atoms with Crippen LogP contribution in [-0.4, -0.2) is 15.2 Å². The van der Waals surface area contributed by atoms with Gasteiger partial charge in [0.1, 0.15) is 5.82 Å². The van der Waals surface area contributed by atoms with Crippen LogP contribution in [0.25, 0.3) is 22.5 Å². The summed E-state index contributed by atoms with van der Waals surface area (Å²) in [5.74, 6) is -0.195. The summed E-state index contributed by atoms with van der Waals surface area (Å²) in [5, 5.41) is 7.43. The zero-order chi connectivity index (χ0) is 12.8. The summed E-state index contributed by atoms with van der Waals surface area (Å²) < 4.78 is 13.3. The van der Waals surface area contributed by atoms with E-state index in [1.807, 2.05) is 18.2 Å². The molecule has 1 N–H and O–H groups in total. The maximum absolute atomic E-state index is 13.3. The molecule has 0 spiro atoms. The second-order valence-corrected chi connectivity index (χ2v) is 4.65. The van der Waals surface area contributed by atoms with Crippen molar-refractivity contribution in [2.75, 3.05) is 0 Å². The fourth-order valence-electron chi connectivity index (χ4n) is 2.64. The summed E-state index contributed by atoms with van der Waals surface area (Å²) in [5.41, 5.74) is 6.04. The molecule has 3 aromatic rings. The molecule has 3 nitrogen and oxygen atoms in total. The second kappa shape index (κ2) is 3.75. The highest BCUT2D eigenvalue weighted by Crippen LogP contribution is 2.39. The predicted octanol–water partition coefficient (Wildman–Crippen LogP) is 3.18. The average molecular weight is 251 g/mol. The highest BCUT2D eigenvalue weighted by molar-refractivity contribution is 5.80. The normalized spacial score (nSPS) is 12.3. The molecule has 19 heavy (non-hydrogen) atoms. The lowest BCUT2D eigenvalue weighted by Gasteiger charge is -1.99. The number of aromatic nitrogens is 3. The number of hydrogen-bond donors (Lipinski definition) is 1. The quantitative estimate of drug-likeness (QED) is 0.564. The molecule has 0 saturated heterocycles. The van der Waals surface area contributed by atoms with Crippen molar-refractivity contribution in [3.05, 3.63) is 59.7 Å². The number of nitrogens with zero attached hydrogens (tertiary/aromatic N) is 2. The molecular weight excluding hydrogens is 241 g/mol. The van der Waals surface area contributed by atoms with Gasteiger partial charge < -0.3 is 0 Å². The zero-order valence-electron chi connectivity index (χ0n) is 10.0. The third-order valence-electron chi connectivity index (χ3n) is 3.51. The molecule has 0 aliphatic heterocycles. The molecule has 4 heteroatoms. The molecule has 0 fully saturated rings. The predicted molar refractivity (Wildman–Crippen MR) is 70.0 cm³/mol. The summed E-state index contributed by atoms with van der Waals surface area (Å²) in [7, 11) is 0. The van der Waals surface area contributed by atoms with E-state index in [0.717, 1.165) is 33.6 Å². The Kier molecular flexibility index (Phi) is 2.06. The van der Waals surface area contributed by atoms with Crippen molar-refractivity contribution in [1.29, 1.82) is 0 Å². The van der Waals surface area contributed by atoms with Crippen molar-refractivity contribution in [1.82, 2.24) is 15.2 Å². The summed E-state index contributed by atoms with van der Waals surface area (Å²) >= 11 is 0. The van der Waals surface area contributed by atoms with Crippen molar-refractivity contribution < 1.29 is 4.39 Å². The maximum Gasteiger partial charge on any atom is 0.123 e. The van der Waals surface area contributed by atoms with E-state index >= 15 is 0 Å². The number of H-pyrrole nitrogens is 1. The first-order valence-electron chi connectivity index (χ1n) is 6.09. The molecule has 1 aromatic carbocycles. The van der Waals surface area contributed by atoms with Gasteiger partial charge in [0.2, 0.25) is 0 Å². The lowest BCUT2D eigenvalue weighted by Crippen LogP contribution is -1.88. The monoisotopic (exact) mass is 251 g/mol. The van der Waals surface area contributed by atoms with Crippen molar-refractivity contribution in [3.63, 3.8) is 0 Å². The van der Waals surface area contributed by atoms with Crippen molar-refractivity contribution in [2.45, 2.75) is 6.42 Å². The van der Waals surface area contributed by atoms with Crippen molar-refractivity contribution >= 4 is 0 Å². The minimum absolute atomic E-state index is 0.195. The number of fused-ring (bicyclic) bond motifs is 3. The van der Waals surface area contributed by atoms with E-state index in [1.165, 1.54) is 6.07 Å². The average Bonchev–Trinajstić information content (AvgIpc) is 2.97. The molecule has 0 saturated carbocycles. The third-order valence-corrected chi connectivity index (χ3v) is 3.51. The molecule has 1 aliphatic carbocycles. The SMILES string of the molecule is Fc1ccc2c(c1)Cc1c(-c3cccnc3)n[nH]c1-2. The molecule has 0 unspecified atom stereocenters. The highest BCUT2D eigenvalue weighted by atomic mass is 19.1. The van der Waals surface area contributed by atoms with Crippen LogP contribution in [-0.2, 0) is 6.42 Å². The smallest absolute Gasteiger partial charge is 0.123 e. The van der Waals surface area contributed by atoms with Gasteiger partial charge in [-0.05, 0) is 35.9 Å². The molecular formula is C15H10FN3. The summed E-state index contributed by atoms with van der Waals surface area (Å²) in [6.07, 6.45) is 4.24. The number of pyridine rings is 1. The van der Waals surface area contributed by atoms with E-state index < -0.39 is 0 Å². The van der Waals surface area contributed by atoms with Gasteiger partial charge in [-0.1, -0.05) is 0 Å². The van der Waals surface area contributed by atoms with E-state index in [4.69, 9.17) is 0 Å². The summed E-state index contributed by atoms with van der Waals surface area (Å²) in [6.45, 7) is 0. The van der Waals surface area contributed by atoms with Gasteiger partial charge in [0.25, 0.3) is 0 Å². The Labute approximate surface area is 109 Å². The van der Waals surface area contributed by atoms with Gasteiger partial charge >= 0.3 is 0 Å². The van der Waals surface area contributed by atoms with Crippen LogP contribution in [0, 0.1) is 5.82 Å². The minimum atomic E-state index is -0.195. The fourth-order valence-corrected chi connectivity index (χ4v) is 2.64. The van der Waals surface area contributed by atoms with Gasteiger partial charge in [-0.25, -0.2) is 4.39 Å². The van der Waals surface area contributed by atoms with Gasteiger partial charge in [-0.15, -0.1) is 0 Å². The van der Waals surface area contributed by atoms with Crippen LogP contribution in [0.15, 0.2) is 42.7 Å². The van der Waals surface area contributed by atoms with E-state index in [-0.39, 0.29) is 5.82 Å². The number of nitrogens with one attached hydrogen (secondary N) is 1. The molecule has 0 atom stereocenters. The van der Waals surface area contributed by atoms with Crippen LogP contribution >= 0.6 is 0 Å². The molecule has 0 amide bonds. The number of aromatic amines is 1. The van der Waals surface area contributed by atoms with Crippen LogP contribution in [0.4, 0.5) is 4.39 Å². The minimum Gasteiger partial charge on any atom is -0.277 e. The van der Waals surface area contributed by atoms with Gasteiger partial charge in [-0.3, -0.25) is 10.1 Å². The molecule has 1 aliphatic rings. The first-order valence-corrected chi connectivity index (χ1v) is 6.09.